The molecule has 0 aliphatic carbocycles. The fourth-order valence-corrected chi connectivity index (χ4v) is 2.48. The van der Waals surface area contributed by atoms with Crippen molar-refractivity contribution >= 4 is 11.6 Å². The molecule has 2 N–H and O–H groups in total. The van der Waals surface area contributed by atoms with Crippen LogP contribution in [0, 0.1) is 5.92 Å². The molecule has 0 radical (unpaired) electrons. The first-order valence-electron chi connectivity index (χ1n) is 6.86. The van der Waals surface area contributed by atoms with Crippen molar-refractivity contribution in [3.05, 3.63) is 29.8 Å². The standard InChI is InChI=1S/C15H22N2O2/c1-3-17(10-12-4-6-13(16)7-5-12)15(18)14-8-9-19-11(14)2/h4-7,11,14H,3,8-10,16H2,1-2H3. The van der Waals surface area contributed by atoms with E-state index in [9.17, 15) is 4.79 Å². The van der Waals surface area contributed by atoms with Crippen LogP contribution in [0.1, 0.15) is 25.8 Å². The SMILES string of the molecule is CCN(Cc1ccc(N)cc1)C(=O)C1CCOC1C. The third-order valence-corrected chi connectivity index (χ3v) is 3.74. The van der Waals surface area contributed by atoms with Crippen molar-refractivity contribution in [2.45, 2.75) is 32.9 Å². The molecule has 1 saturated heterocycles. The zero-order valence-electron chi connectivity index (χ0n) is 11.6. The van der Waals surface area contributed by atoms with E-state index in [-0.39, 0.29) is 17.9 Å². The third-order valence-electron chi connectivity index (χ3n) is 3.74. The summed E-state index contributed by atoms with van der Waals surface area (Å²) in [5.74, 6) is 0.207. The van der Waals surface area contributed by atoms with Crippen molar-refractivity contribution < 1.29 is 9.53 Å². The minimum atomic E-state index is 0.00808. The third kappa shape index (κ3) is 3.26. The van der Waals surface area contributed by atoms with Crippen LogP contribution in [0.2, 0.25) is 0 Å². The van der Waals surface area contributed by atoms with Crippen molar-refractivity contribution in [2.24, 2.45) is 5.92 Å². The summed E-state index contributed by atoms with van der Waals surface area (Å²) < 4.78 is 5.48. The van der Waals surface area contributed by atoms with E-state index in [0.717, 1.165) is 17.7 Å². The average molecular weight is 262 g/mol. The molecule has 0 spiro atoms. The summed E-state index contributed by atoms with van der Waals surface area (Å²) >= 11 is 0. The lowest BCUT2D eigenvalue weighted by Gasteiger charge is -2.25. The molecule has 1 aromatic rings. The molecule has 104 valence electrons. The molecule has 1 aliphatic heterocycles. The highest BCUT2D eigenvalue weighted by Crippen LogP contribution is 2.23. The van der Waals surface area contributed by atoms with Crippen LogP contribution in [-0.2, 0) is 16.1 Å². The quantitative estimate of drug-likeness (QED) is 0.845. The summed E-state index contributed by atoms with van der Waals surface area (Å²) in [4.78, 5) is 14.4. The van der Waals surface area contributed by atoms with Gasteiger partial charge in [0.25, 0.3) is 0 Å². The molecule has 1 fully saturated rings. The Hall–Kier alpha value is -1.55. The molecular formula is C15H22N2O2. The van der Waals surface area contributed by atoms with Crippen LogP contribution in [0.25, 0.3) is 0 Å². The van der Waals surface area contributed by atoms with E-state index in [0.29, 0.717) is 19.7 Å². The molecule has 1 aromatic carbocycles. The Kier molecular flexibility index (Phi) is 4.43. The lowest BCUT2D eigenvalue weighted by atomic mass is 10.0. The lowest BCUT2D eigenvalue weighted by molar-refractivity contribution is -0.137. The van der Waals surface area contributed by atoms with Crippen LogP contribution in [-0.4, -0.2) is 30.1 Å². The van der Waals surface area contributed by atoms with E-state index in [2.05, 4.69) is 0 Å². The van der Waals surface area contributed by atoms with Crippen LogP contribution >= 0.6 is 0 Å². The Balaban J connectivity index is 2.03. The molecule has 4 heteroatoms. The van der Waals surface area contributed by atoms with Crippen LogP contribution in [0.15, 0.2) is 24.3 Å². The summed E-state index contributed by atoms with van der Waals surface area (Å²) in [5.41, 5.74) is 7.52. The molecular weight excluding hydrogens is 240 g/mol. The molecule has 19 heavy (non-hydrogen) atoms. The maximum absolute atomic E-state index is 12.5. The van der Waals surface area contributed by atoms with Gasteiger partial charge in [0.1, 0.15) is 0 Å². The molecule has 2 unspecified atom stereocenters. The van der Waals surface area contributed by atoms with Crippen molar-refractivity contribution in [3.63, 3.8) is 0 Å². The number of nitrogens with zero attached hydrogens (tertiary/aromatic N) is 1. The summed E-state index contributed by atoms with van der Waals surface area (Å²) in [5, 5.41) is 0. The Bertz CT molecular complexity index is 430. The number of nitrogen functional groups attached to an aromatic ring is 1. The van der Waals surface area contributed by atoms with E-state index in [1.807, 2.05) is 43.0 Å². The second-order valence-electron chi connectivity index (χ2n) is 5.07. The maximum Gasteiger partial charge on any atom is 0.228 e. The fourth-order valence-electron chi connectivity index (χ4n) is 2.48. The minimum absolute atomic E-state index is 0.00808. The zero-order chi connectivity index (χ0) is 13.8. The smallest absolute Gasteiger partial charge is 0.228 e. The van der Waals surface area contributed by atoms with Gasteiger partial charge in [0.05, 0.1) is 12.0 Å². The monoisotopic (exact) mass is 262 g/mol. The Morgan fingerprint density at radius 3 is 2.63 bits per heavy atom. The first-order valence-corrected chi connectivity index (χ1v) is 6.86. The number of hydrogen-bond acceptors (Lipinski definition) is 3. The highest BCUT2D eigenvalue weighted by molar-refractivity contribution is 5.79. The predicted octanol–water partition coefficient (Wildman–Crippen LogP) is 2.04. The molecule has 0 bridgehead atoms. The topological polar surface area (TPSA) is 55.6 Å². The number of carbonyl (C=O) groups is 1. The lowest BCUT2D eigenvalue weighted by Crippen LogP contribution is -2.38. The molecule has 2 rings (SSSR count). The van der Waals surface area contributed by atoms with Gasteiger partial charge < -0.3 is 15.4 Å². The highest BCUT2D eigenvalue weighted by Gasteiger charge is 2.33. The Labute approximate surface area is 114 Å². The fraction of sp³-hybridized carbons (Fsp3) is 0.533. The van der Waals surface area contributed by atoms with Gasteiger partial charge in [-0.3, -0.25) is 4.79 Å². The summed E-state index contributed by atoms with van der Waals surface area (Å²) in [7, 11) is 0. The summed E-state index contributed by atoms with van der Waals surface area (Å²) in [6, 6.07) is 7.68. The molecule has 2 atom stereocenters. The highest BCUT2D eigenvalue weighted by atomic mass is 16.5. The van der Waals surface area contributed by atoms with Gasteiger partial charge in [-0.05, 0) is 38.0 Å². The van der Waals surface area contributed by atoms with Crippen LogP contribution in [0.5, 0.6) is 0 Å². The predicted molar refractivity (Wildman–Crippen MR) is 75.5 cm³/mol. The van der Waals surface area contributed by atoms with Gasteiger partial charge in [0.2, 0.25) is 5.91 Å². The van der Waals surface area contributed by atoms with Gasteiger partial charge in [0.15, 0.2) is 0 Å². The van der Waals surface area contributed by atoms with Crippen LogP contribution in [0.4, 0.5) is 5.69 Å². The molecule has 1 amide bonds. The largest absolute Gasteiger partial charge is 0.399 e. The van der Waals surface area contributed by atoms with E-state index >= 15 is 0 Å². The normalized spacial score (nSPS) is 22.4. The second-order valence-corrected chi connectivity index (χ2v) is 5.07. The van der Waals surface area contributed by atoms with Crippen molar-refractivity contribution in [2.75, 3.05) is 18.9 Å². The number of rotatable bonds is 4. The number of amides is 1. The minimum Gasteiger partial charge on any atom is -0.399 e. The van der Waals surface area contributed by atoms with Crippen molar-refractivity contribution in [3.8, 4) is 0 Å². The molecule has 0 aromatic heterocycles. The van der Waals surface area contributed by atoms with Gasteiger partial charge in [-0.15, -0.1) is 0 Å². The molecule has 1 aliphatic rings. The van der Waals surface area contributed by atoms with E-state index in [4.69, 9.17) is 10.5 Å². The number of anilines is 1. The number of ether oxygens (including phenoxy) is 1. The van der Waals surface area contributed by atoms with Gasteiger partial charge in [-0.1, -0.05) is 12.1 Å². The summed E-state index contributed by atoms with van der Waals surface area (Å²) in [6.07, 6.45) is 0.867. The number of nitrogens with two attached hydrogens (primary N) is 1. The first-order chi connectivity index (χ1) is 9.11. The van der Waals surface area contributed by atoms with Gasteiger partial charge in [-0.25, -0.2) is 0 Å². The van der Waals surface area contributed by atoms with Crippen molar-refractivity contribution in [1.29, 1.82) is 0 Å². The molecule has 0 saturated carbocycles. The average Bonchev–Trinajstić information content (AvgIpc) is 2.83. The Morgan fingerprint density at radius 1 is 1.42 bits per heavy atom. The number of benzene rings is 1. The summed E-state index contributed by atoms with van der Waals surface area (Å²) in [6.45, 7) is 6.03. The van der Waals surface area contributed by atoms with Crippen molar-refractivity contribution in [1.82, 2.24) is 4.90 Å². The van der Waals surface area contributed by atoms with Crippen LogP contribution in [0.3, 0.4) is 0 Å². The second kappa shape index (κ2) is 6.06. The van der Waals surface area contributed by atoms with E-state index in [1.54, 1.807) is 0 Å². The van der Waals surface area contributed by atoms with Gasteiger partial charge >= 0.3 is 0 Å². The van der Waals surface area contributed by atoms with E-state index < -0.39 is 0 Å². The number of carbonyl (C=O) groups excluding carboxylic acids is 1. The van der Waals surface area contributed by atoms with Gasteiger partial charge in [-0.2, -0.15) is 0 Å². The zero-order valence-corrected chi connectivity index (χ0v) is 11.6. The maximum atomic E-state index is 12.5. The van der Waals surface area contributed by atoms with Gasteiger partial charge in [0, 0.05) is 25.4 Å². The Morgan fingerprint density at radius 2 is 2.11 bits per heavy atom. The number of hydrogen-bond donors (Lipinski definition) is 1. The first kappa shape index (κ1) is 13.9. The van der Waals surface area contributed by atoms with E-state index in [1.165, 1.54) is 0 Å². The van der Waals surface area contributed by atoms with Crippen LogP contribution < -0.4 is 5.73 Å². The molecule has 1 heterocycles. The molecule has 4 nitrogen and oxygen atoms in total.